The van der Waals surface area contributed by atoms with Crippen molar-refractivity contribution in [3.63, 3.8) is 0 Å². The van der Waals surface area contributed by atoms with Crippen LogP contribution in [-0.4, -0.2) is 33.5 Å². The van der Waals surface area contributed by atoms with Crippen molar-refractivity contribution < 1.29 is 0 Å². The lowest BCUT2D eigenvalue weighted by atomic mass is 9.86. The summed E-state index contributed by atoms with van der Waals surface area (Å²) in [4.78, 5) is 5.60. The standard InChI is InChI=1S/C47H48N4S/c1-3-41(34-21-11-6-12-22-34)50-46(49-31(2)32-17-7-4-8-18-32)40-27-35(33-19-9-5-10-20-33)30-48-47(40)51-42-25-15-13-23-36(42)38-28-39-37-24-14-16-26-44(37)52-45(39)29-43(38)51/h3-7,9-12,14-17,19-22,24-25,28,31,35,44-45,48H,8,13,18,23,26-27,29-30H2,1-2H3,(H,49,50)/b41-3-. The SMILES string of the molecule is C/C=C(\N=C(/NC(C)C1=CC=CCC1)C1=C(n2c3c(c4c2CC2SC5CC=CC=C5C2=C4)CCC=C3)NCC(c2ccccc2)C1)c1ccccc1. The molecular weight excluding hydrogens is 653 g/mol. The second-order valence-electron chi connectivity index (χ2n) is 14.8. The maximum absolute atomic E-state index is 5.60. The second kappa shape index (κ2) is 14.4. The highest BCUT2D eigenvalue weighted by molar-refractivity contribution is 8.01. The molecule has 2 aromatic carbocycles. The Balaban J connectivity index is 1.24. The quantitative estimate of drug-likeness (QED) is 0.190. The molecule has 0 radical (unpaired) electrons. The predicted octanol–water partition coefficient (Wildman–Crippen LogP) is 10.4. The summed E-state index contributed by atoms with van der Waals surface area (Å²) in [6.07, 6.45) is 30.7. The van der Waals surface area contributed by atoms with Gasteiger partial charge in [0.2, 0.25) is 0 Å². The van der Waals surface area contributed by atoms with E-state index in [4.69, 9.17) is 4.99 Å². The maximum Gasteiger partial charge on any atom is 0.134 e. The fourth-order valence-corrected chi connectivity index (χ4v) is 10.5. The first-order valence-electron chi connectivity index (χ1n) is 19.3. The average molecular weight is 701 g/mol. The molecule has 0 spiro atoms. The molecule has 0 saturated carbocycles. The molecule has 3 aromatic rings. The molecule has 6 aliphatic rings. The molecule has 4 atom stereocenters. The van der Waals surface area contributed by atoms with Gasteiger partial charge in [0, 0.05) is 52.3 Å². The van der Waals surface area contributed by atoms with E-state index in [9.17, 15) is 0 Å². The molecule has 0 bridgehead atoms. The smallest absolute Gasteiger partial charge is 0.134 e. The fraction of sp³-hybridized carbons (Fsp3) is 0.298. The molecule has 262 valence electrons. The Morgan fingerprint density at radius 2 is 1.73 bits per heavy atom. The predicted molar refractivity (Wildman–Crippen MR) is 222 cm³/mol. The van der Waals surface area contributed by atoms with Crippen LogP contribution in [0.3, 0.4) is 0 Å². The number of aliphatic imine (C=N–C) groups is 1. The first-order valence-corrected chi connectivity index (χ1v) is 20.2. The van der Waals surface area contributed by atoms with Gasteiger partial charge in [-0.15, -0.1) is 11.8 Å². The molecule has 5 heteroatoms. The molecule has 4 unspecified atom stereocenters. The van der Waals surface area contributed by atoms with Crippen molar-refractivity contribution in [3.8, 4) is 0 Å². The first-order chi connectivity index (χ1) is 25.7. The van der Waals surface area contributed by atoms with Crippen LogP contribution in [0.15, 0.2) is 137 Å². The summed E-state index contributed by atoms with van der Waals surface area (Å²) in [5.74, 6) is 2.47. The third-order valence-electron chi connectivity index (χ3n) is 11.7. The molecule has 52 heavy (non-hydrogen) atoms. The van der Waals surface area contributed by atoms with Crippen molar-refractivity contribution in [2.75, 3.05) is 6.54 Å². The van der Waals surface area contributed by atoms with Crippen LogP contribution in [0.2, 0.25) is 0 Å². The normalized spacial score (nSPS) is 24.2. The van der Waals surface area contributed by atoms with Crippen LogP contribution in [0, 0.1) is 0 Å². The summed E-state index contributed by atoms with van der Waals surface area (Å²) in [6, 6.07) is 21.8. The Labute approximate surface area is 313 Å². The molecule has 2 N–H and O–H groups in total. The van der Waals surface area contributed by atoms with E-state index in [0.717, 1.165) is 68.6 Å². The number of allylic oxidation sites excluding steroid dienone is 8. The molecular formula is C47H48N4S. The van der Waals surface area contributed by atoms with Gasteiger partial charge in [-0.25, -0.2) is 4.99 Å². The summed E-state index contributed by atoms with van der Waals surface area (Å²) < 4.78 is 2.63. The lowest BCUT2D eigenvalue weighted by Crippen LogP contribution is -2.41. The lowest BCUT2D eigenvalue weighted by Gasteiger charge is -2.34. The number of rotatable bonds is 7. The van der Waals surface area contributed by atoms with Gasteiger partial charge in [-0.3, -0.25) is 4.57 Å². The van der Waals surface area contributed by atoms with Crippen molar-refractivity contribution in [1.29, 1.82) is 0 Å². The molecule has 4 nitrogen and oxygen atoms in total. The number of amidine groups is 1. The molecule has 1 saturated heterocycles. The second-order valence-corrected chi connectivity index (χ2v) is 16.2. The number of hydrogen-bond donors (Lipinski definition) is 2. The van der Waals surface area contributed by atoms with E-state index in [1.165, 1.54) is 45.0 Å². The number of hydrogen-bond acceptors (Lipinski definition) is 3. The third-order valence-corrected chi connectivity index (χ3v) is 13.2. The number of nitrogens with zero attached hydrogens (tertiary/aromatic N) is 2. The van der Waals surface area contributed by atoms with Gasteiger partial charge in [0.25, 0.3) is 0 Å². The summed E-state index contributed by atoms with van der Waals surface area (Å²) in [5.41, 5.74) is 15.0. The minimum atomic E-state index is 0.140. The van der Waals surface area contributed by atoms with Gasteiger partial charge < -0.3 is 10.6 Å². The zero-order valence-corrected chi connectivity index (χ0v) is 31.1. The fourth-order valence-electron chi connectivity index (χ4n) is 8.96. The van der Waals surface area contributed by atoms with Crippen molar-refractivity contribution in [3.05, 3.63) is 165 Å². The largest absolute Gasteiger partial charge is 0.370 e. The topological polar surface area (TPSA) is 41.4 Å². The lowest BCUT2D eigenvalue weighted by molar-refractivity contribution is 0.600. The Morgan fingerprint density at radius 1 is 0.923 bits per heavy atom. The van der Waals surface area contributed by atoms with E-state index in [1.807, 2.05) is 0 Å². The number of aromatic nitrogens is 1. The van der Waals surface area contributed by atoms with Crippen molar-refractivity contribution in [2.24, 2.45) is 4.99 Å². The van der Waals surface area contributed by atoms with Gasteiger partial charge in [-0.2, -0.15) is 0 Å². The Kier molecular flexibility index (Phi) is 9.14. The van der Waals surface area contributed by atoms with E-state index in [-0.39, 0.29) is 6.04 Å². The number of benzene rings is 2. The zero-order valence-electron chi connectivity index (χ0n) is 30.3. The number of nitrogens with one attached hydrogen (secondary N) is 2. The summed E-state index contributed by atoms with van der Waals surface area (Å²) in [6.45, 7) is 5.29. The highest BCUT2D eigenvalue weighted by Crippen LogP contribution is 2.51. The van der Waals surface area contributed by atoms with Gasteiger partial charge in [-0.05, 0) is 97.9 Å². The molecule has 1 aromatic heterocycles. The van der Waals surface area contributed by atoms with E-state index in [0.29, 0.717) is 16.4 Å². The Morgan fingerprint density at radius 3 is 2.54 bits per heavy atom. The van der Waals surface area contributed by atoms with Crippen molar-refractivity contribution in [2.45, 2.75) is 81.3 Å². The maximum atomic E-state index is 5.60. The molecule has 9 rings (SSSR count). The first kappa shape index (κ1) is 33.1. The van der Waals surface area contributed by atoms with Gasteiger partial charge in [-0.1, -0.05) is 109 Å². The number of fused-ring (bicyclic) bond motifs is 6. The van der Waals surface area contributed by atoms with Crippen LogP contribution < -0.4 is 10.6 Å². The monoisotopic (exact) mass is 700 g/mol. The summed E-state index contributed by atoms with van der Waals surface area (Å²) in [7, 11) is 0. The van der Waals surface area contributed by atoms with Crippen molar-refractivity contribution >= 4 is 41.3 Å². The average Bonchev–Trinajstić information content (AvgIpc) is 3.74. The highest BCUT2D eigenvalue weighted by Gasteiger charge is 2.40. The number of thioether (sulfide) groups is 1. The van der Waals surface area contributed by atoms with Crippen LogP contribution in [0.4, 0.5) is 0 Å². The molecule has 3 heterocycles. The molecule has 0 amide bonds. The summed E-state index contributed by atoms with van der Waals surface area (Å²) >= 11 is 2.17. The van der Waals surface area contributed by atoms with Crippen molar-refractivity contribution in [1.82, 2.24) is 15.2 Å². The van der Waals surface area contributed by atoms with E-state index >= 15 is 0 Å². The minimum Gasteiger partial charge on any atom is -0.370 e. The van der Waals surface area contributed by atoms with Gasteiger partial charge in [0.15, 0.2) is 0 Å². The Bertz CT molecular complexity index is 2150. The van der Waals surface area contributed by atoms with E-state index in [2.05, 4.69) is 162 Å². The Hall–Kier alpha value is -4.74. The van der Waals surface area contributed by atoms with E-state index in [1.54, 1.807) is 11.1 Å². The minimum absolute atomic E-state index is 0.140. The van der Waals surface area contributed by atoms with Gasteiger partial charge in [0.05, 0.1) is 11.4 Å². The molecule has 2 aliphatic heterocycles. The highest BCUT2D eigenvalue weighted by atomic mass is 32.2. The zero-order chi connectivity index (χ0) is 35.0. The van der Waals surface area contributed by atoms with Crippen LogP contribution in [0.25, 0.3) is 23.7 Å². The third kappa shape index (κ3) is 6.13. The summed E-state index contributed by atoms with van der Waals surface area (Å²) in [5, 5.41) is 9.18. The van der Waals surface area contributed by atoms with Crippen LogP contribution in [0.5, 0.6) is 0 Å². The van der Waals surface area contributed by atoms with E-state index < -0.39 is 0 Å². The van der Waals surface area contributed by atoms with Crippen LogP contribution >= 0.6 is 11.8 Å². The molecule has 1 fully saturated rings. The van der Waals surface area contributed by atoms with Crippen LogP contribution in [-0.2, 0) is 12.8 Å². The van der Waals surface area contributed by atoms with Gasteiger partial charge >= 0.3 is 0 Å². The molecule has 4 aliphatic carbocycles. The van der Waals surface area contributed by atoms with Gasteiger partial charge in [0.1, 0.15) is 11.7 Å². The van der Waals surface area contributed by atoms with Crippen LogP contribution in [0.1, 0.15) is 85.5 Å².